The van der Waals surface area contributed by atoms with E-state index in [1.165, 1.54) is 17.4 Å². The Morgan fingerprint density at radius 3 is 2.54 bits per heavy atom. The lowest BCUT2D eigenvalue weighted by Crippen LogP contribution is -2.19. The van der Waals surface area contributed by atoms with Gasteiger partial charge in [-0.05, 0) is 18.2 Å². The number of aromatic nitrogens is 4. The van der Waals surface area contributed by atoms with Crippen molar-refractivity contribution in [2.45, 2.75) is 6.92 Å². The van der Waals surface area contributed by atoms with Gasteiger partial charge >= 0.3 is 0 Å². The van der Waals surface area contributed by atoms with Crippen LogP contribution in [0.25, 0.3) is 12.2 Å². The zero-order valence-corrected chi connectivity index (χ0v) is 14.9. The van der Waals surface area contributed by atoms with Crippen LogP contribution in [0.3, 0.4) is 0 Å². The maximum absolute atomic E-state index is 12.1. The molecule has 8 nitrogen and oxygen atoms in total. The zero-order valence-electron chi connectivity index (χ0n) is 14.0. The molecule has 3 rings (SSSR count). The number of carbonyl (C=O) groups is 2. The van der Waals surface area contributed by atoms with Gasteiger partial charge in [0.15, 0.2) is 5.78 Å². The summed E-state index contributed by atoms with van der Waals surface area (Å²) in [6.07, 6.45) is 9.75. The van der Waals surface area contributed by atoms with Crippen molar-refractivity contribution in [2.24, 2.45) is 7.05 Å². The Bertz CT molecular complexity index is 1080. The number of ketones is 1. The number of aryl methyl sites for hydroxylation is 1. The lowest BCUT2D eigenvalue weighted by Gasteiger charge is -1.91. The molecule has 0 aliphatic carbocycles. The monoisotopic (exact) mass is 372 g/mol. The summed E-state index contributed by atoms with van der Waals surface area (Å²) in [5.74, 6) is -1.01. The average Bonchev–Trinajstić information content (AvgIpc) is 3.14. The molecular weight excluding hydrogens is 356 g/mol. The number of pyridine rings is 1. The minimum atomic E-state index is -0.833. The Balaban J connectivity index is 0.000000552. The number of aliphatic carboxylic acids is 1. The number of carboxylic acid groups (broad SMARTS) is 1. The molecule has 3 aromatic rings. The van der Waals surface area contributed by atoms with Gasteiger partial charge in [-0.15, -0.1) is 11.3 Å². The van der Waals surface area contributed by atoms with Crippen molar-refractivity contribution in [3.63, 3.8) is 0 Å². The summed E-state index contributed by atoms with van der Waals surface area (Å²) in [5.41, 5.74) is 1.14. The molecule has 134 valence electrons. The van der Waals surface area contributed by atoms with Crippen molar-refractivity contribution in [3.05, 3.63) is 67.6 Å². The molecule has 0 saturated heterocycles. The molecule has 0 aromatic carbocycles. The van der Waals surface area contributed by atoms with Crippen LogP contribution in [0.2, 0.25) is 0 Å². The fourth-order valence-corrected chi connectivity index (χ4v) is 2.79. The summed E-state index contributed by atoms with van der Waals surface area (Å²) >= 11 is 1.23. The predicted molar refractivity (Wildman–Crippen MR) is 97.3 cm³/mol. The SMILES string of the molecule is CC(=O)O.Cn1cc(/C=c2/s/c(=C\C(=O)c3ccncc3)[nH]c2=O)cn1. The van der Waals surface area contributed by atoms with E-state index in [2.05, 4.69) is 15.1 Å². The number of aromatic amines is 1. The summed E-state index contributed by atoms with van der Waals surface area (Å²) in [5, 5.41) is 11.5. The first kappa shape index (κ1) is 19.0. The highest BCUT2D eigenvalue weighted by Gasteiger charge is 2.02. The number of Topliss-reactive ketones (excluding diaryl/α,β-unsaturated/α-hetero) is 1. The maximum Gasteiger partial charge on any atom is 0.300 e. The molecule has 9 heteroatoms. The molecule has 26 heavy (non-hydrogen) atoms. The molecule has 0 aliphatic heterocycles. The number of nitrogens with zero attached hydrogens (tertiary/aromatic N) is 3. The van der Waals surface area contributed by atoms with E-state index in [4.69, 9.17) is 9.90 Å². The van der Waals surface area contributed by atoms with E-state index < -0.39 is 5.97 Å². The number of hydrogen-bond acceptors (Lipinski definition) is 6. The molecule has 0 fully saturated rings. The third-order valence-corrected chi connectivity index (χ3v) is 3.89. The first-order chi connectivity index (χ1) is 12.3. The van der Waals surface area contributed by atoms with Gasteiger partial charge in [0.05, 0.1) is 15.4 Å². The van der Waals surface area contributed by atoms with Crippen molar-refractivity contribution in [3.8, 4) is 0 Å². The minimum absolute atomic E-state index is 0.173. The molecule has 3 aromatic heterocycles. The van der Waals surface area contributed by atoms with E-state index in [0.29, 0.717) is 14.8 Å². The van der Waals surface area contributed by atoms with E-state index in [-0.39, 0.29) is 11.3 Å². The Hall–Kier alpha value is -3.33. The molecule has 0 bridgehead atoms. The number of rotatable bonds is 3. The van der Waals surface area contributed by atoms with Gasteiger partial charge in [0.1, 0.15) is 0 Å². The smallest absolute Gasteiger partial charge is 0.300 e. The van der Waals surface area contributed by atoms with Gasteiger partial charge in [-0.1, -0.05) is 0 Å². The summed E-state index contributed by atoms with van der Waals surface area (Å²) in [7, 11) is 1.81. The Kier molecular flexibility index (Phi) is 6.34. The van der Waals surface area contributed by atoms with Crippen molar-refractivity contribution < 1.29 is 14.7 Å². The highest BCUT2D eigenvalue weighted by molar-refractivity contribution is 7.07. The number of thiazole rings is 1. The fraction of sp³-hybridized carbons (Fsp3) is 0.118. The molecule has 0 saturated carbocycles. The molecule has 2 N–H and O–H groups in total. The standard InChI is InChI=1S/C15H12N4O2S.C2H4O2/c1-19-9-10(8-17-19)6-13-15(21)18-14(22-13)7-12(20)11-2-4-16-5-3-11;1-2(3)4/h2-9H,1H3,(H,18,21);1H3,(H,3,4)/b13-6+,14-7-;. The van der Waals surface area contributed by atoms with E-state index in [1.807, 2.05) is 13.2 Å². The average molecular weight is 372 g/mol. The molecule has 0 atom stereocenters. The Labute approximate surface area is 151 Å². The van der Waals surface area contributed by atoms with Gasteiger partial charge in [-0.2, -0.15) is 5.10 Å². The fourth-order valence-electron chi connectivity index (χ4n) is 1.91. The molecular formula is C17H16N4O4S. The lowest BCUT2D eigenvalue weighted by molar-refractivity contribution is -0.134. The van der Waals surface area contributed by atoms with Crippen molar-refractivity contribution >= 4 is 35.2 Å². The molecule has 0 unspecified atom stereocenters. The highest BCUT2D eigenvalue weighted by atomic mass is 32.1. The normalized spacial score (nSPS) is 11.8. The maximum atomic E-state index is 12.1. The minimum Gasteiger partial charge on any atom is -0.481 e. The predicted octanol–water partition coefficient (Wildman–Crippen LogP) is 0.148. The first-order valence-corrected chi connectivity index (χ1v) is 8.22. The molecule has 0 amide bonds. The highest BCUT2D eigenvalue weighted by Crippen LogP contribution is 1.99. The van der Waals surface area contributed by atoms with Gasteiger partial charge in [-0.3, -0.25) is 24.0 Å². The summed E-state index contributed by atoms with van der Waals surface area (Å²) in [4.78, 5) is 39.6. The van der Waals surface area contributed by atoms with E-state index in [9.17, 15) is 9.59 Å². The largest absolute Gasteiger partial charge is 0.481 e. The number of hydrogen-bond donors (Lipinski definition) is 2. The number of nitrogens with one attached hydrogen (secondary N) is 1. The summed E-state index contributed by atoms with van der Waals surface area (Å²) < 4.78 is 2.71. The molecule has 0 spiro atoms. The van der Waals surface area contributed by atoms with Gasteiger partial charge < -0.3 is 10.1 Å². The van der Waals surface area contributed by atoms with E-state index in [0.717, 1.165) is 12.5 Å². The van der Waals surface area contributed by atoms with Crippen molar-refractivity contribution in [2.75, 3.05) is 0 Å². The summed E-state index contributed by atoms with van der Waals surface area (Å²) in [6.45, 7) is 1.08. The van der Waals surface area contributed by atoms with Crippen LogP contribution in [-0.4, -0.2) is 36.6 Å². The quantitative estimate of drug-likeness (QED) is 0.632. The van der Waals surface area contributed by atoms with Crippen LogP contribution in [0.15, 0.2) is 41.7 Å². The third kappa shape index (κ3) is 5.64. The second kappa shape index (κ2) is 8.67. The van der Waals surface area contributed by atoms with Gasteiger partial charge in [-0.25, -0.2) is 0 Å². The Morgan fingerprint density at radius 2 is 1.96 bits per heavy atom. The van der Waals surface area contributed by atoms with E-state index >= 15 is 0 Å². The molecule has 0 aliphatic rings. The van der Waals surface area contributed by atoms with Crippen LogP contribution in [0, 0.1) is 0 Å². The van der Waals surface area contributed by atoms with Gasteiger partial charge in [0, 0.05) is 49.8 Å². The number of H-pyrrole nitrogens is 1. The van der Waals surface area contributed by atoms with Gasteiger partial charge in [0.2, 0.25) is 0 Å². The topological polar surface area (TPSA) is 118 Å². The van der Waals surface area contributed by atoms with Crippen LogP contribution in [0.4, 0.5) is 0 Å². The van der Waals surface area contributed by atoms with Crippen LogP contribution in [0.1, 0.15) is 22.8 Å². The van der Waals surface area contributed by atoms with E-state index in [1.54, 1.807) is 41.5 Å². The van der Waals surface area contributed by atoms with Crippen LogP contribution < -0.4 is 14.8 Å². The molecule has 3 heterocycles. The van der Waals surface area contributed by atoms with Crippen molar-refractivity contribution in [1.29, 1.82) is 0 Å². The third-order valence-electron chi connectivity index (χ3n) is 2.93. The number of carboxylic acids is 1. The second-order valence-electron chi connectivity index (χ2n) is 5.14. The zero-order chi connectivity index (χ0) is 19.1. The van der Waals surface area contributed by atoms with Crippen molar-refractivity contribution in [1.82, 2.24) is 19.7 Å². The molecule has 0 radical (unpaired) electrons. The van der Waals surface area contributed by atoms with Crippen LogP contribution >= 0.6 is 11.3 Å². The first-order valence-electron chi connectivity index (χ1n) is 7.40. The van der Waals surface area contributed by atoms with Gasteiger partial charge in [0.25, 0.3) is 11.5 Å². The van der Waals surface area contributed by atoms with Crippen LogP contribution in [0.5, 0.6) is 0 Å². The Morgan fingerprint density at radius 1 is 1.31 bits per heavy atom. The summed E-state index contributed by atoms with van der Waals surface area (Å²) in [6, 6.07) is 3.26. The lowest BCUT2D eigenvalue weighted by atomic mass is 10.2. The second-order valence-corrected chi connectivity index (χ2v) is 6.22. The van der Waals surface area contributed by atoms with Crippen LogP contribution in [-0.2, 0) is 11.8 Å². The number of carbonyl (C=O) groups excluding carboxylic acids is 1.